The van der Waals surface area contributed by atoms with Crippen LogP contribution in [0.25, 0.3) is 0 Å². The van der Waals surface area contributed by atoms with Crippen LogP contribution in [0.3, 0.4) is 0 Å². The molecule has 0 aliphatic carbocycles. The zero-order valence-corrected chi connectivity index (χ0v) is 8.94. The highest BCUT2D eigenvalue weighted by Gasteiger charge is 2.20. The van der Waals surface area contributed by atoms with Crippen molar-refractivity contribution in [3.05, 3.63) is 48.0 Å². The van der Waals surface area contributed by atoms with E-state index in [-0.39, 0.29) is 0 Å². The van der Waals surface area contributed by atoms with Crippen molar-refractivity contribution in [3.8, 4) is 11.5 Å². The van der Waals surface area contributed by atoms with Gasteiger partial charge in [-0.25, -0.2) is 0 Å². The number of ether oxygens (including phenoxy) is 1. The summed E-state index contributed by atoms with van der Waals surface area (Å²) >= 11 is 0. The standard InChI is InChI=1S/C13H10N2O2/c14-13(16)8-4-3-7-11-12(8)15-9-5-1-2-6-10(9)17-11/h1-7,15H,(H2,14,16). The maximum atomic E-state index is 11.3. The highest BCUT2D eigenvalue weighted by atomic mass is 16.5. The first-order valence-electron chi connectivity index (χ1n) is 5.22. The van der Waals surface area contributed by atoms with Gasteiger partial charge in [0.15, 0.2) is 11.5 Å². The lowest BCUT2D eigenvalue weighted by molar-refractivity contribution is 0.100. The molecule has 0 spiro atoms. The molecule has 1 aliphatic heterocycles. The number of para-hydroxylation sites is 3. The monoisotopic (exact) mass is 226 g/mol. The summed E-state index contributed by atoms with van der Waals surface area (Å²) in [5.41, 5.74) is 7.20. The van der Waals surface area contributed by atoms with Crippen molar-refractivity contribution in [2.75, 3.05) is 5.32 Å². The number of rotatable bonds is 1. The van der Waals surface area contributed by atoms with Crippen LogP contribution < -0.4 is 15.8 Å². The van der Waals surface area contributed by atoms with E-state index in [1.807, 2.05) is 24.3 Å². The van der Waals surface area contributed by atoms with Crippen molar-refractivity contribution >= 4 is 17.3 Å². The summed E-state index contributed by atoms with van der Waals surface area (Å²) in [7, 11) is 0. The van der Waals surface area contributed by atoms with E-state index < -0.39 is 5.91 Å². The summed E-state index contributed by atoms with van der Waals surface area (Å²) in [5.74, 6) is 0.874. The van der Waals surface area contributed by atoms with Gasteiger partial charge in [0.05, 0.1) is 16.9 Å². The van der Waals surface area contributed by atoms with Crippen LogP contribution >= 0.6 is 0 Å². The van der Waals surface area contributed by atoms with Gasteiger partial charge >= 0.3 is 0 Å². The minimum Gasteiger partial charge on any atom is -0.453 e. The molecule has 3 N–H and O–H groups in total. The molecule has 2 aromatic rings. The molecular formula is C13H10N2O2. The van der Waals surface area contributed by atoms with Crippen LogP contribution in [-0.4, -0.2) is 5.91 Å². The average Bonchev–Trinajstić information content (AvgIpc) is 2.35. The van der Waals surface area contributed by atoms with E-state index in [2.05, 4.69) is 5.32 Å². The third kappa shape index (κ3) is 1.50. The largest absolute Gasteiger partial charge is 0.453 e. The molecule has 0 fully saturated rings. The zero-order chi connectivity index (χ0) is 11.8. The Kier molecular flexibility index (Phi) is 2.01. The minimum atomic E-state index is -0.475. The van der Waals surface area contributed by atoms with Gasteiger partial charge in [-0.2, -0.15) is 0 Å². The molecule has 0 unspecified atom stereocenters. The lowest BCUT2D eigenvalue weighted by atomic mass is 10.1. The van der Waals surface area contributed by atoms with Crippen LogP contribution in [0, 0.1) is 0 Å². The van der Waals surface area contributed by atoms with Gasteiger partial charge in [-0.05, 0) is 24.3 Å². The Morgan fingerprint density at radius 3 is 2.65 bits per heavy atom. The molecule has 3 rings (SSSR count). The molecule has 1 aliphatic rings. The Balaban J connectivity index is 2.15. The lowest BCUT2D eigenvalue weighted by Crippen LogP contribution is -2.15. The van der Waals surface area contributed by atoms with Crippen molar-refractivity contribution in [2.45, 2.75) is 0 Å². The molecule has 0 saturated heterocycles. The van der Waals surface area contributed by atoms with Crippen molar-refractivity contribution in [3.63, 3.8) is 0 Å². The number of nitrogens with one attached hydrogen (secondary N) is 1. The Labute approximate surface area is 98.0 Å². The van der Waals surface area contributed by atoms with E-state index >= 15 is 0 Å². The van der Waals surface area contributed by atoms with E-state index in [0.717, 1.165) is 11.4 Å². The SMILES string of the molecule is NC(=O)c1cccc2c1Nc1ccccc1O2. The molecular weight excluding hydrogens is 216 g/mol. The maximum Gasteiger partial charge on any atom is 0.250 e. The number of hydrogen-bond donors (Lipinski definition) is 2. The first kappa shape index (κ1) is 9.72. The van der Waals surface area contributed by atoms with Crippen molar-refractivity contribution in [1.82, 2.24) is 0 Å². The van der Waals surface area contributed by atoms with E-state index in [1.165, 1.54) is 0 Å². The molecule has 0 saturated carbocycles. The molecule has 17 heavy (non-hydrogen) atoms. The predicted octanol–water partition coefficient (Wildman–Crippen LogP) is 2.63. The van der Waals surface area contributed by atoms with Gasteiger partial charge < -0.3 is 15.8 Å². The molecule has 0 atom stereocenters. The molecule has 84 valence electrons. The van der Waals surface area contributed by atoms with Crippen molar-refractivity contribution in [1.29, 1.82) is 0 Å². The van der Waals surface area contributed by atoms with Crippen LogP contribution in [-0.2, 0) is 0 Å². The fourth-order valence-corrected chi connectivity index (χ4v) is 1.86. The number of anilines is 2. The van der Waals surface area contributed by atoms with E-state index in [1.54, 1.807) is 18.2 Å². The summed E-state index contributed by atoms with van der Waals surface area (Å²) in [6.07, 6.45) is 0. The van der Waals surface area contributed by atoms with Crippen molar-refractivity contribution in [2.24, 2.45) is 5.73 Å². The quantitative estimate of drug-likeness (QED) is 0.670. The van der Waals surface area contributed by atoms with Gasteiger partial charge in [0.2, 0.25) is 0 Å². The van der Waals surface area contributed by atoms with E-state index in [4.69, 9.17) is 10.5 Å². The van der Waals surface area contributed by atoms with Crippen LogP contribution in [0.15, 0.2) is 42.5 Å². The number of fused-ring (bicyclic) bond motifs is 2. The van der Waals surface area contributed by atoms with Crippen molar-refractivity contribution < 1.29 is 9.53 Å². The van der Waals surface area contributed by atoms with Gasteiger partial charge in [0, 0.05) is 0 Å². The average molecular weight is 226 g/mol. The third-order valence-electron chi connectivity index (χ3n) is 2.66. The summed E-state index contributed by atoms with van der Waals surface area (Å²) < 4.78 is 5.70. The van der Waals surface area contributed by atoms with Crippen LogP contribution in [0.1, 0.15) is 10.4 Å². The number of amides is 1. The second-order valence-corrected chi connectivity index (χ2v) is 3.77. The predicted molar refractivity (Wildman–Crippen MR) is 64.8 cm³/mol. The van der Waals surface area contributed by atoms with Crippen LogP contribution in [0.2, 0.25) is 0 Å². The molecule has 0 aromatic heterocycles. The van der Waals surface area contributed by atoms with Gasteiger partial charge in [0.25, 0.3) is 5.91 Å². The zero-order valence-electron chi connectivity index (χ0n) is 8.94. The molecule has 1 amide bonds. The highest BCUT2D eigenvalue weighted by Crippen LogP contribution is 2.42. The second-order valence-electron chi connectivity index (χ2n) is 3.77. The van der Waals surface area contributed by atoms with Crippen LogP contribution in [0.4, 0.5) is 11.4 Å². The maximum absolute atomic E-state index is 11.3. The molecule has 0 bridgehead atoms. The Morgan fingerprint density at radius 1 is 1.06 bits per heavy atom. The molecule has 4 nitrogen and oxygen atoms in total. The normalized spacial score (nSPS) is 11.8. The first-order valence-corrected chi connectivity index (χ1v) is 5.22. The fraction of sp³-hybridized carbons (Fsp3) is 0. The molecule has 1 heterocycles. The van der Waals surface area contributed by atoms with Crippen LogP contribution in [0.5, 0.6) is 11.5 Å². The smallest absolute Gasteiger partial charge is 0.250 e. The van der Waals surface area contributed by atoms with Gasteiger partial charge in [0.1, 0.15) is 0 Å². The van der Waals surface area contributed by atoms with Gasteiger partial charge in [-0.1, -0.05) is 18.2 Å². The molecule has 4 heteroatoms. The number of nitrogens with two attached hydrogens (primary N) is 1. The molecule has 0 radical (unpaired) electrons. The first-order chi connectivity index (χ1) is 8.25. The molecule has 2 aromatic carbocycles. The number of benzene rings is 2. The Bertz CT molecular complexity index is 608. The Hall–Kier alpha value is -2.49. The van der Waals surface area contributed by atoms with Gasteiger partial charge in [-0.15, -0.1) is 0 Å². The summed E-state index contributed by atoms with van der Waals surface area (Å²) in [6.45, 7) is 0. The Morgan fingerprint density at radius 2 is 1.82 bits per heavy atom. The topological polar surface area (TPSA) is 64.4 Å². The van der Waals surface area contributed by atoms with E-state index in [9.17, 15) is 4.79 Å². The lowest BCUT2D eigenvalue weighted by Gasteiger charge is -2.22. The fourth-order valence-electron chi connectivity index (χ4n) is 1.86. The summed E-state index contributed by atoms with van der Waals surface area (Å²) in [6, 6.07) is 12.7. The number of carbonyl (C=O) groups excluding carboxylic acids is 1. The number of hydrogen-bond acceptors (Lipinski definition) is 3. The third-order valence-corrected chi connectivity index (χ3v) is 2.66. The number of primary amides is 1. The second kappa shape index (κ2) is 3.52. The highest BCUT2D eigenvalue weighted by molar-refractivity contribution is 6.01. The summed E-state index contributed by atoms with van der Waals surface area (Å²) in [5, 5.41) is 3.16. The van der Waals surface area contributed by atoms with E-state index in [0.29, 0.717) is 17.0 Å². The van der Waals surface area contributed by atoms with Gasteiger partial charge in [-0.3, -0.25) is 4.79 Å². The summed E-state index contributed by atoms with van der Waals surface area (Å²) in [4.78, 5) is 11.3. The number of carbonyl (C=O) groups is 1. The minimum absolute atomic E-state index is 0.428.